The molecular formula is C16H20N2O3. The molecule has 0 spiro atoms. The van der Waals surface area contributed by atoms with Crippen LogP contribution < -0.4 is 10.2 Å². The van der Waals surface area contributed by atoms with E-state index in [4.69, 9.17) is 4.74 Å². The van der Waals surface area contributed by atoms with Gasteiger partial charge in [-0.3, -0.25) is 9.59 Å². The summed E-state index contributed by atoms with van der Waals surface area (Å²) in [6.45, 7) is 3.96. The van der Waals surface area contributed by atoms with E-state index in [1.54, 1.807) is 12.1 Å². The van der Waals surface area contributed by atoms with Gasteiger partial charge in [0, 0.05) is 18.6 Å². The number of ketones is 1. The minimum atomic E-state index is -0.331. The number of nitrogens with zero attached hydrogens (tertiary/aromatic N) is 1. The molecule has 1 amide bonds. The van der Waals surface area contributed by atoms with E-state index >= 15 is 0 Å². The fourth-order valence-corrected chi connectivity index (χ4v) is 2.42. The molecule has 0 radical (unpaired) electrons. The minimum absolute atomic E-state index is 0.0839. The summed E-state index contributed by atoms with van der Waals surface area (Å²) < 4.78 is 5.32. The van der Waals surface area contributed by atoms with Crippen LogP contribution in [0.3, 0.4) is 0 Å². The maximum Gasteiger partial charge on any atom is 0.277 e. The molecule has 1 N–H and O–H groups in total. The molecule has 0 aromatic heterocycles. The number of amides is 1. The third-order valence-electron chi connectivity index (χ3n) is 3.21. The zero-order valence-corrected chi connectivity index (χ0v) is 12.4. The molecule has 0 bridgehead atoms. The van der Waals surface area contributed by atoms with Crippen LogP contribution in [0.5, 0.6) is 5.75 Å². The van der Waals surface area contributed by atoms with E-state index in [9.17, 15) is 9.59 Å². The van der Waals surface area contributed by atoms with Crippen LogP contribution in [-0.2, 0) is 9.59 Å². The average Bonchev–Trinajstić information content (AvgIpc) is 2.42. The van der Waals surface area contributed by atoms with Gasteiger partial charge in [0.2, 0.25) is 0 Å². The number of hydrogen-bond donors (Lipinski definition) is 1. The highest BCUT2D eigenvalue weighted by Crippen LogP contribution is 2.31. The van der Waals surface area contributed by atoms with Gasteiger partial charge < -0.3 is 4.74 Å². The number of para-hydroxylation sites is 1. The Morgan fingerprint density at radius 2 is 2.00 bits per heavy atom. The summed E-state index contributed by atoms with van der Waals surface area (Å²) in [5.74, 6) is 0.469. The Bertz CT molecular complexity index is 550. The van der Waals surface area contributed by atoms with E-state index in [0.717, 1.165) is 12.1 Å². The molecule has 2 rings (SSSR count). The van der Waals surface area contributed by atoms with Crippen LogP contribution in [0.4, 0.5) is 0 Å². The average molecular weight is 288 g/mol. The molecular weight excluding hydrogens is 268 g/mol. The van der Waals surface area contributed by atoms with E-state index in [-0.39, 0.29) is 23.7 Å². The van der Waals surface area contributed by atoms with Crippen LogP contribution >= 0.6 is 0 Å². The van der Waals surface area contributed by atoms with Crippen molar-refractivity contribution in [3.8, 4) is 5.75 Å². The second-order valence-corrected chi connectivity index (χ2v) is 6.05. The molecule has 1 aliphatic carbocycles. The van der Waals surface area contributed by atoms with Gasteiger partial charge in [0.25, 0.3) is 5.91 Å². The number of hydrazone groups is 1. The molecule has 1 aromatic carbocycles. The van der Waals surface area contributed by atoms with Gasteiger partial charge in [-0.25, -0.2) is 5.43 Å². The Hall–Kier alpha value is -2.17. The fourth-order valence-electron chi connectivity index (χ4n) is 2.42. The van der Waals surface area contributed by atoms with Crippen molar-refractivity contribution in [2.75, 3.05) is 6.61 Å². The van der Waals surface area contributed by atoms with Crippen molar-refractivity contribution in [1.29, 1.82) is 0 Å². The Morgan fingerprint density at radius 1 is 1.29 bits per heavy atom. The van der Waals surface area contributed by atoms with Crippen molar-refractivity contribution in [3.05, 3.63) is 30.3 Å². The number of carbonyl (C=O) groups excluding carboxylic acids is 2. The SMILES string of the molecule is CC1(C)CC(=O)C/C(=N\NC(=O)COc2ccccc2)C1. The van der Waals surface area contributed by atoms with Crippen molar-refractivity contribution in [2.45, 2.75) is 33.1 Å². The number of benzene rings is 1. The minimum Gasteiger partial charge on any atom is -0.484 e. The summed E-state index contributed by atoms with van der Waals surface area (Å²) in [5, 5.41) is 4.06. The van der Waals surface area contributed by atoms with Gasteiger partial charge in [-0.15, -0.1) is 0 Å². The molecule has 1 aliphatic rings. The quantitative estimate of drug-likeness (QED) is 0.864. The summed E-state index contributed by atoms with van der Waals surface area (Å²) >= 11 is 0. The van der Waals surface area contributed by atoms with Crippen molar-refractivity contribution < 1.29 is 14.3 Å². The van der Waals surface area contributed by atoms with Crippen molar-refractivity contribution in [3.63, 3.8) is 0 Å². The fraction of sp³-hybridized carbons (Fsp3) is 0.438. The second kappa shape index (κ2) is 6.52. The van der Waals surface area contributed by atoms with Crippen LogP contribution in [-0.4, -0.2) is 24.0 Å². The normalized spacial score (nSPS) is 19.3. The monoisotopic (exact) mass is 288 g/mol. The van der Waals surface area contributed by atoms with Crippen molar-refractivity contribution in [1.82, 2.24) is 5.43 Å². The van der Waals surface area contributed by atoms with Crippen LogP contribution in [0.25, 0.3) is 0 Å². The Balaban J connectivity index is 1.83. The van der Waals surface area contributed by atoms with Gasteiger partial charge in [-0.05, 0) is 24.0 Å². The number of rotatable bonds is 4. The van der Waals surface area contributed by atoms with Crippen molar-refractivity contribution in [2.24, 2.45) is 10.5 Å². The van der Waals surface area contributed by atoms with Gasteiger partial charge >= 0.3 is 0 Å². The van der Waals surface area contributed by atoms with Crippen LogP contribution in [0.15, 0.2) is 35.4 Å². The third kappa shape index (κ3) is 5.02. The molecule has 0 saturated heterocycles. The lowest BCUT2D eigenvalue weighted by atomic mass is 9.76. The van der Waals surface area contributed by atoms with Crippen LogP contribution in [0.1, 0.15) is 33.1 Å². The summed E-state index contributed by atoms with van der Waals surface area (Å²) in [5.41, 5.74) is 3.10. The van der Waals surface area contributed by atoms with E-state index in [0.29, 0.717) is 18.6 Å². The Morgan fingerprint density at radius 3 is 2.67 bits per heavy atom. The van der Waals surface area contributed by atoms with E-state index in [1.165, 1.54) is 0 Å². The lowest BCUT2D eigenvalue weighted by molar-refractivity contribution is -0.123. The standard InChI is InChI=1S/C16H20N2O3/c1-16(2)9-12(8-13(19)10-16)17-18-15(20)11-21-14-6-4-3-5-7-14/h3-7H,8-11H2,1-2H3,(H,18,20)/b17-12+. The number of carbonyl (C=O) groups is 2. The molecule has 112 valence electrons. The number of hydrogen-bond acceptors (Lipinski definition) is 4. The van der Waals surface area contributed by atoms with Gasteiger partial charge in [0.1, 0.15) is 11.5 Å². The summed E-state index contributed by atoms with van der Waals surface area (Å²) in [4.78, 5) is 23.3. The van der Waals surface area contributed by atoms with Gasteiger partial charge in [-0.1, -0.05) is 32.0 Å². The molecule has 0 unspecified atom stereocenters. The lowest BCUT2D eigenvalue weighted by Crippen LogP contribution is -2.32. The highest BCUT2D eigenvalue weighted by atomic mass is 16.5. The predicted octanol–water partition coefficient (Wildman–Crippen LogP) is 2.32. The molecule has 1 saturated carbocycles. The smallest absolute Gasteiger partial charge is 0.277 e. The van der Waals surface area contributed by atoms with Gasteiger partial charge in [-0.2, -0.15) is 5.10 Å². The second-order valence-electron chi connectivity index (χ2n) is 6.05. The molecule has 21 heavy (non-hydrogen) atoms. The van der Waals surface area contributed by atoms with E-state index < -0.39 is 0 Å². The van der Waals surface area contributed by atoms with Crippen LogP contribution in [0, 0.1) is 5.41 Å². The first-order valence-corrected chi connectivity index (χ1v) is 6.98. The maximum absolute atomic E-state index is 11.7. The van der Waals surface area contributed by atoms with E-state index in [2.05, 4.69) is 10.5 Å². The topological polar surface area (TPSA) is 67.8 Å². The lowest BCUT2D eigenvalue weighted by Gasteiger charge is -2.28. The summed E-state index contributed by atoms with van der Waals surface area (Å²) in [6, 6.07) is 9.11. The predicted molar refractivity (Wildman–Crippen MR) is 80.2 cm³/mol. The largest absolute Gasteiger partial charge is 0.484 e. The van der Waals surface area contributed by atoms with Gasteiger partial charge in [0.15, 0.2) is 6.61 Å². The zero-order chi connectivity index (χ0) is 15.3. The molecule has 5 nitrogen and oxygen atoms in total. The van der Waals surface area contributed by atoms with Gasteiger partial charge in [0.05, 0.1) is 0 Å². The third-order valence-corrected chi connectivity index (χ3v) is 3.21. The first-order valence-electron chi connectivity index (χ1n) is 6.98. The molecule has 1 fully saturated rings. The molecule has 0 heterocycles. The highest BCUT2D eigenvalue weighted by Gasteiger charge is 2.30. The first-order chi connectivity index (χ1) is 9.94. The van der Waals surface area contributed by atoms with Crippen LogP contribution in [0.2, 0.25) is 0 Å². The zero-order valence-electron chi connectivity index (χ0n) is 12.4. The maximum atomic E-state index is 11.7. The Kier molecular flexibility index (Phi) is 4.73. The molecule has 0 aliphatic heterocycles. The first kappa shape index (κ1) is 15.2. The van der Waals surface area contributed by atoms with E-state index in [1.807, 2.05) is 32.0 Å². The Labute approximate surface area is 124 Å². The highest BCUT2D eigenvalue weighted by molar-refractivity contribution is 6.05. The molecule has 0 atom stereocenters. The molecule has 5 heteroatoms. The number of ether oxygens (including phenoxy) is 1. The summed E-state index contributed by atoms with van der Waals surface area (Å²) in [6.07, 6.45) is 1.61. The number of nitrogens with one attached hydrogen (secondary N) is 1. The number of Topliss-reactive ketones (excluding diaryl/α,β-unsaturated/α-hetero) is 1. The van der Waals surface area contributed by atoms with Crippen molar-refractivity contribution >= 4 is 17.4 Å². The summed E-state index contributed by atoms with van der Waals surface area (Å²) in [7, 11) is 0. The molecule has 1 aromatic rings.